The van der Waals surface area contributed by atoms with E-state index in [0.717, 1.165) is 6.21 Å². The molecule has 6 heteroatoms. The van der Waals surface area contributed by atoms with Crippen molar-refractivity contribution in [1.82, 2.24) is 0 Å². The van der Waals surface area contributed by atoms with Crippen molar-refractivity contribution in [3.63, 3.8) is 0 Å². The van der Waals surface area contributed by atoms with Gasteiger partial charge in [0.1, 0.15) is 5.82 Å². The summed E-state index contributed by atoms with van der Waals surface area (Å²) in [6, 6.07) is 6.60. The first-order chi connectivity index (χ1) is 8.80. The van der Waals surface area contributed by atoms with E-state index in [1.807, 2.05) is 0 Å². The smallest absolute Gasteiger partial charge is 0.182 e. The summed E-state index contributed by atoms with van der Waals surface area (Å²) in [5.41, 5.74) is 6.73. The van der Waals surface area contributed by atoms with Crippen LogP contribution in [0.1, 0.15) is 20.8 Å². The normalized spacial score (nSPS) is 13.1. The van der Waals surface area contributed by atoms with Crippen LogP contribution in [0.2, 0.25) is 0 Å². The van der Waals surface area contributed by atoms with Gasteiger partial charge in [-0.1, -0.05) is 12.1 Å². The highest BCUT2D eigenvalue weighted by Gasteiger charge is 2.22. The maximum absolute atomic E-state index is 12.2. The third-order valence-electron chi connectivity index (χ3n) is 2.72. The van der Waals surface area contributed by atoms with Crippen molar-refractivity contribution in [3.8, 4) is 0 Å². The monoisotopic (exact) mass is 281 g/mol. The number of hydrogen-bond donors (Lipinski definition) is 3. The van der Waals surface area contributed by atoms with Crippen LogP contribution in [-0.4, -0.2) is 19.9 Å². The van der Waals surface area contributed by atoms with Crippen LogP contribution in [0, 0.1) is 5.41 Å². The standard InChI is InChI=1S/C13H19N3O2S/c1-9(2)19(17,18)12-7-5-4-6-11(12)16-13(15)10(3)8-14/h4-9,14,16H,15H2,1-3H3/b13-10+,14-8?. The Morgan fingerprint density at radius 2 is 1.95 bits per heavy atom. The van der Waals surface area contributed by atoms with Gasteiger partial charge in [0, 0.05) is 11.8 Å². The van der Waals surface area contributed by atoms with E-state index in [1.165, 1.54) is 0 Å². The number of para-hydroxylation sites is 1. The van der Waals surface area contributed by atoms with Crippen molar-refractivity contribution in [3.05, 3.63) is 35.7 Å². The van der Waals surface area contributed by atoms with E-state index < -0.39 is 15.1 Å². The Kier molecular flexibility index (Phi) is 4.72. The van der Waals surface area contributed by atoms with E-state index in [0.29, 0.717) is 11.3 Å². The number of nitrogens with one attached hydrogen (secondary N) is 2. The van der Waals surface area contributed by atoms with Crippen molar-refractivity contribution in [1.29, 1.82) is 5.41 Å². The van der Waals surface area contributed by atoms with E-state index in [-0.39, 0.29) is 10.7 Å². The maximum Gasteiger partial charge on any atom is 0.182 e. The zero-order valence-corrected chi connectivity index (χ0v) is 12.1. The Labute approximate surface area is 113 Å². The van der Waals surface area contributed by atoms with Gasteiger partial charge in [-0.25, -0.2) is 8.42 Å². The summed E-state index contributed by atoms with van der Waals surface area (Å²) in [6.45, 7) is 4.94. The number of hydrogen-bond acceptors (Lipinski definition) is 5. The van der Waals surface area contributed by atoms with Crippen LogP contribution in [0.4, 0.5) is 5.69 Å². The van der Waals surface area contributed by atoms with Gasteiger partial charge in [0.2, 0.25) is 0 Å². The fraction of sp³-hybridized carbons (Fsp3) is 0.308. The van der Waals surface area contributed by atoms with Crippen LogP contribution >= 0.6 is 0 Å². The molecule has 0 aliphatic rings. The van der Waals surface area contributed by atoms with Gasteiger partial charge in [-0.05, 0) is 32.9 Å². The molecule has 1 rings (SSSR count). The molecule has 1 aromatic carbocycles. The van der Waals surface area contributed by atoms with Crippen molar-refractivity contribution in [2.24, 2.45) is 5.73 Å². The van der Waals surface area contributed by atoms with Crippen molar-refractivity contribution >= 4 is 21.7 Å². The predicted octanol–water partition coefficient (Wildman–Crippen LogP) is 2.12. The number of sulfone groups is 1. The molecule has 0 saturated carbocycles. The summed E-state index contributed by atoms with van der Waals surface area (Å²) in [7, 11) is -3.38. The van der Waals surface area contributed by atoms with Gasteiger partial charge < -0.3 is 16.5 Å². The Bertz CT molecular complexity index is 604. The molecule has 0 saturated heterocycles. The topological polar surface area (TPSA) is 96.0 Å². The first-order valence-electron chi connectivity index (χ1n) is 5.87. The number of anilines is 1. The highest BCUT2D eigenvalue weighted by atomic mass is 32.2. The van der Waals surface area contributed by atoms with E-state index in [1.54, 1.807) is 45.0 Å². The minimum atomic E-state index is -3.38. The third-order valence-corrected chi connectivity index (χ3v) is 4.94. The van der Waals surface area contributed by atoms with Gasteiger partial charge in [-0.2, -0.15) is 0 Å². The van der Waals surface area contributed by atoms with E-state index in [9.17, 15) is 8.42 Å². The number of rotatable bonds is 5. The molecule has 0 fully saturated rings. The molecule has 0 amide bonds. The molecular formula is C13H19N3O2S. The highest BCUT2D eigenvalue weighted by molar-refractivity contribution is 7.92. The number of allylic oxidation sites excluding steroid dienone is 1. The van der Waals surface area contributed by atoms with Gasteiger partial charge in [0.15, 0.2) is 9.84 Å². The molecule has 5 nitrogen and oxygen atoms in total. The second-order valence-corrected chi connectivity index (χ2v) is 6.93. The quantitative estimate of drug-likeness (QED) is 0.720. The van der Waals surface area contributed by atoms with Crippen LogP contribution in [0.15, 0.2) is 40.6 Å². The van der Waals surface area contributed by atoms with Gasteiger partial charge in [-0.15, -0.1) is 0 Å². The molecule has 0 aliphatic carbocycles. The summed E-state index contributed by atoms with van der Waals surface area (Å²) < 4.78 is 24.5. The van der Waals surface area contributed by atoms with Crippen LogP contribution < -0.4 is 11.1 Å². The van der Waals surface area contributed by atoms with Crippen LogP contribution in [0.3, 0.4) is 0 Å². The summed E-state index contributed by atoms with van der Waals surface area (Å²) >= 11 is 0. The van der Waals surface area contributed by atoms with E-state index in [4.69, 9.17) is 11.1 Å². The van der Waals surface area contributed by atoms with Crippen LogP contribution in [-0.2, 0) is 9.84 Å². The Morgan fingerprint density at radius 3 is 2.47 bits per heavy atom. The fourth-order valence-electron chi connectivity index (χ4n) is 1.39. The lowest BCUT2D eigenvalue weighted by molar-refractivity contribution is 0.587. The lowest BCUT2D eigenvalue weighted by atomic mass is 10.3. The average Bonchev–Trinajstić information content (AvgIpc) is 2.37. The largest absolute Gasteiger partial charge is 0.385 e. The molecule has 0 bridgehead atoms. The minimum absolute atomic E-state index is 0.214. The molecule has 0 spiro atoms. The Morgan fingerprint density at radius 1 is 1.37 bits per heavy atom. The molecule has 0 radical (unpaired) electrons. The molecule has 0 aliphatic heterocycles. The molecule has 0 aromatic heterocycles. The molecule has 1 aromatic rings. The summed E-state index contributed by atoms with van der Waals surface area (Å²) in [5, 5.41) is 9.47. The predicted molar refractivity (Wildman–Crippen MR) is 78.1 cm³/mol. The zero-order valence-electron chi connectivity index (χ0n) is 11.3. The summed E-state index contributed by atoms with van der Waals surface area (Å²) in [4.78, 5) is 0.214. The Hall–Kier alpha value is -1.82. The summed E-state index contributed by atoms with van der Waals surface area (Å²) in [6.07, 6.45) is 1.11. The summed E-state index contributed by atoms with van der Waals surface area (Å²) in [5.74, 6) is 0.265. The van der Waals surface area contributed by atoms with Crippen molar-refractivity contribution < 1.29 is 8.42 Å². The van der Waals surface area contributed by atoms with E-state index >= 15 is 0 Å². The lowest BCUT2D eigenvalue weighted by Crippen LogP contribution is -2.18. The number of benzene rings is 1. The third kappa shape index (κ3) is 3.35. The lowest BCUT2D eigenvalue weighted by Gasteiger charge is -2.15. The first kappa shape index (κ1) is 15.2. The molecule has 4 N–H and O–H groups in total. The molecule has 19 heavy (non-hydrogen) atoms. The van der Waals surface area contributed by atoms with Gasteiger partial charge in [0.05, 0.1) is 15.8 Å². The molecule has 104 valence electrons. The molecule has 0 atom stereocenters. The van der Waals surface area contributed by atoms with Crippen molar-refractivity contribution in [2.75, 3.05) is 5.32 Å². The van der Waals surface area contributed by atoms with Crippen LogP contribution in [0.25, 0.3) is 0 Å². The van der Waals surface area contributed by atoms with Gasteiger partial charge in [0.25, 0.3) is 0 Å². The minimum Gasteiger partial charge on any atom is -0.385 e. The molecule has 0 unspecified atom stereocenters. The maximum atomic E-state index is 12.2. The highest BCUT2D eigenvalue weighted by Crippen LogP contribution is 2.25. The first-order valence-corrected chi connectivity index (χ1v) is 7.42. The SMILES string of the molecule is C/C(C=N)=C(/N)Nc1ccccc1S(=O)(=O)C(C)C. The second-order valence-electron chi connectivity index (χ2n) is 4.46. The number of nitrogens with two attached hydrogens (primary N) is 1. The van der Waals surface area contributed by atoms with Gasteiger partial charge in [-0.3, -0.25) is 0 Å². The average molecular weight is 281 g/mol. The Balaban J connectivity index is 3.29. The van der Waals surface area contributed by atoms with E-state index in [2.05, 4.69) is 5.32 Å². The van der Waals surface area contributed by atoms with Crippen LogP contribution in [0.5, 0.6) is 0 Å². The molecule has 0 heterocycles. The fourth-order valence-corrected chi connectivity index (χ4v) is 2.60. The second kappa shape index (κ2) is 5.88. The zero-order chi connectivity index (χ0) is 14.6. The molecular weight excluding hydrogens is 262 g/mol. The van der Waals surface area contributed by atoms with Crippen molar-refractivity contribution in [2.45, 2.75) is 30.9 Å². The van der Waals surface area contributed by atoms with Gasteiger partial charge >= 0.3 is 0 Å².